The molecule has 2 aliphatic heterocycles. The lowest BCUT2D eigenvalue weighted by Gasteiger charge is -2.43. The number of hydrogen-bond donors (Lipinski definition) is 1. The van der Waals surface area contributed by atoms with Gasteiger partial charge in [-0.3, -0.25) is 4.79 Å². The number of benzene rings is 1. The van der Waals surface area contributed by atoms with Crippen LogP contribution in [-0.4, -0.2) is 59.5 Å². The normalized spacial score (nSPS) is 22.6. The zero-order valence-electron chi connectivity index (χ0n) is 30.5. The Labute approximate surface area is 281 Å². The molecule has 0 aromatic heterocycles. The molecule has 2 unspecified atom stereocenters. The largest absolute Gasteiger partial charge is 0.444 e. The molecule has 1 radical (unpaired) electrons. The number of likely N-dealkylation sites (tertiary alicyclic amines) is 1. The van der Waals surface area contributed by atoms with E-state index in [0.717, 1.165) is 47.8 Å². The summed E-state index contributed by atoms with van der Waals surface area (Å²) < 4.78 is 11.5. The van der Waals surface area contributed by atoms with Gasteiger partial charge in [0, 0.05) is 29.6 Å². The van der Waals surface area contributed by atoms with Gasteiger partial charge in [-0.05, 0) is 104 Å². The van der Waals surface area contributed by atoms with Crippen LogP contribution in [0.5, 0.6) is 0 Å². The summed E-state index contributed by atoms with van der Waals surface area (Å²) in [5.74, 6) is 2.71. The van der Waals surface area contributed by atoms with Gasteiger partial charge in [0.05, 0.1) is 11.0 Å². The molecule has 4 rings (SSSR count). The number of carbonyl (C=O) groups is 2. The lowest BCUT2D eigenvalue weighted by molar-refractivity contribution is -0.126. The molecule has 1 spiro atoms. The molecule has 3 aliphatic rings. The number of rotatable bonds is 9. The van der Waals surface area contributed by atoms with Gasteiger partial charge in [0.1, 0.15) is 5.60 Å². The van der Waals surface area contributed by atoms with Gasteiger partial charge in [0.25, 0.3) is 0 Å². The summed E-state index contributed by atoms with van der Waals surface area (Å²) in [5, 5.41) is 0. The lowest BCUT2D eigenvalue weighted by atomic mass is 9.72. The number of carbonyl (C=O) groups excluding carboxylic acids is 2. The highest BCUT2D eigenvalue weighted by atomic mass is 32.1. The minimum absolute atomic E-state index is 0.195. The number of ether oxygens (including phenoxy) is 1. The van der Waals surface area contributed by atoms with Crippen molar-refractivity contribution in [2.75, 3.05) is 18.0 Å². The fourth-order valence-corrected chi connectivity index (χ4v) is 6.39. The van der Waals surface area contributed by atoms with Crippen molar-refractivity contribution >= 4 is 43.3 Å². The van der Waals surface area contributed by atoms with E-state index in [9.17, 15) is 9.59 Å². The van der Waals surface area contributed by atoms with Crippen LogP contribution in [0.15, 0.2) is 18.2 Å². The molecule has 1 aromatic rings. The Morgan fingerprint density at radius 3 is 2.02 bits per heavy atom. The van der Waals surface area contributed by atoms with E-state index in [0.29, 0.717) is 31.8 Å². The molecule has 253 valence electrons. The van der Waals surface area contributed by atoms with Gasteiger partial charge in [-0.2, -0.15) is 12.6 Å². The van der Waals surface area contributed by atoms with E-state index in [1.807, 2.05) is 48.5 Å². The molecule has 2 atom stereocenters. The van der Waals surface area contributed by atoms with E-state index in [-0.39, 0.29) is 22.8 Å². The van der Waals surface area contributed by atoms with Gasteiger partial charge in [-0.15, -0.1) is 0 Å². The van der Waals surface area contributed by atoms with Crippen LogP contribution in [0, 0.1) is 17.8 Å². The lowest BCUT2D eigenvalue weighted by Crippen LogP contribution is -2.54. The summed E-state index contributed by atoms with van der Waals surface area (Å²) in [5.41, 5.74) is 1.45. The van der Waals surface area contributed by atoms with Gasteiger partial charge in [0.15, 0.2) is 0 Å². The molecule has 2 amide bonds. The Morgan fingerprint density at radius 1 is 1.00 bits per heavy atom. The van der Waals surface area contributed by atoms with Crippen molar-refractivity contribution in [3.8, 4) is 0 Å². The summed E-state index contributed by atoms with van der Waals surface area (Å²) >= 11 is 4.71. The average Bonchev–Trinajstić information content (AvgIpc) is 3.16. The van der Waals surface area contributed by atoms with Crippen LogP contribution < -0.4 is 10.4 Å². The smallest absolute Gasteiger partial charge is 0.410 e. The monoisotopic (exact) mass is 641 g/mol. The Morgan fingerprint density at radius 2 is 1.56 bits per heavy atom. The highest BCUT2D eigenvalue weighted by Crippen LogP contribution is 2.51. The third-order valence-corrected chi connectivity index (χ3v) is 11.6. The number of hydrogen-bond acceptors (Lipinski definition) is 5. The minimum Gasteiger partial charge on any atom is -0.444 e. The van der Waals surface area contributed by atoms with Gasteiger partial charge < -0.3 is 19.2 Å². The molecule has 8 heteroatoms. The average molecular weight is 642 g/mol. The van der Waals surface area contributed by atoms with E-state index in [4.69, 9.17) is 22.0 Å². The Kier molecular flexibility index (Phi) is 12.3. The minimum atomic E-state index is -0.586. The van der Waals surface area contributed by atoms with E-state index < -0.39 is 16.6 Å². The zero-order chi connectivity index (χ0) is 34.0. The highest BCUT2D eigenvalue weighted by Gasteiger charge is 2.55. The molecule has 1 saturated carbocycles. The Hall–Kier alpha value is -1.67. The molecular weight excluding hydrogens is 579 g/mol. The van der Waals surface area contributed by atoms with Crippen molar-refractivity contribution in [1.82, 2.24) is 4.90 Å². The van der Waals surface area contributed by atoms with Gasteiger partial charge >= 0.3 is 13.6 Å². The van der Waals surface area contributed by atoms with Crippen LogP contribution in [0.2, 0.25) is 0 Å². The summed E-state index contributed by atoms with van der Waals surface area (Å²) in [6.07, 6.45) is 6.83. The van der Waals surface area contributed by atoms with E-state index in [1.165, 1.54) is 12.8 Å². The van der Waals surface area contributed by atoms with E-state index in [2.05, 4.69) is 57.7 Å². The molecule has 1 aromatic carbocycles. The molecule has 0 bridgehead atoms. The molecule has 45 heavy (non-hydrogen) atoms. The standard InChI is InChI=1S/C29H44BN2O4S.C8H18/c1-9-19-16-21(17-19)32-23-18-20(30-36-27(5,6)28(7,8)37)10-11-22(23)29(24(32)33)12-14-31(15-13-29)25(34)35-26(2,3)4;1-5-7(3)8(4)6-2/h10-11,18-19,21,37H,9,12-17H2,1-8H3;7-8H,5-6H2,1-4H3. The van der Waals surface area contributed by atoms with Crippen molar-refractivity contribution in [1.29, 1.82) is 0 Å². The first-order valence-electron chi connectivity index (χ1n) is 17.5. The molecular formula is C37H62BN2O4S. The molecule has 1 aliphatic carbocycles. The summed E-state index contributed by atoms with van der Waals surface area (Å²) in [6.45, 7) is 26.2. The second-order valence-corrected chi connectivity index (χ2v) is 17.1. The first-order chi connectivity index (χ1) is 20.8. The van der Waals surface area contributed by atoms with Crippen LogP contribution in [-0.2, 0) is 19.6 Å². The Balaban J connectivity index is 0.000000610. The molecule has 2 fully saturated rings. The molecule has 0 N–H and O–H groups in total. The van der Waals surface area contributed by atoms with E-state index in [1.54, 1.807) is 12.4 Å². The van der Waals surface area contributed by atoms with Crippen molar-refractivity contribution in [3.05, 3.63) is 23.8 Å². The highest BCUT2D eigenvalue weighted by molar-refractivity contribution is 7.81. The summed E-state index contributed by atoms with van der Waals surface area (Å²) in [6, 6.07) is 6.52. The van der Waals surface area contributed by atoms with E-state index >= 15 is 0 Å². The number of anilines is 1. The number of nitrogens with zero attached hydrogens (tertiary/aromatic N) is 2. The van der Waals surface area contributed by atoms with Crippen molar-refractivity contribution in [3.63, 3.8) is 0 Å². The summed E-state index contributed by atoms with van der Waals surface area (Å²) in [7, 11) is 1.80. The third-order valence-electron chi connectivity index (χ3n) is 11.1. The first-order valence-corrected chi connectivity index (χ1v) is 17.9. The Bertz CT molecular complexity index is 1150. The van der Waals surface area contributed by atoms with Crippen LogP contribution >= 0.6 is 12.6 Å². The number of fused-ring (bicyclic) bond motifs is 2. The zero-order valence-corrected chi connectivity index (χ0v) is 31.4. The van der Waals surface area contributed by atoms with Gasteiger partial charge in [-0.25, -0.2) is 4.79 Å². The third kappa shape index (κ3) is 8.63. The predicted molar refractivity (Wildman–Crippen MR) is 192 cm³/mol. The molecule has 6 nitrogen and oxygen atoms in total. The SMILES string of the molecule is CCC(C)C(C)CC.CCC1CC(N2C(=O)C3(CCN(C(=O)OC(C)(C)C)CC3)c3ccc([B]OC(C)(C)C(C)(C)S)cc32)C1. The maximum absolute atomic E-state index is 14.2. The van der Waals surface area contributed by atoms with Crippen molar-refractivity contribution in [2.45, 2.75) is 155 Å². The maximum Gasteiger partial charge on any atom is 0.410 e. The fourth-order valence-electron chi connectivity index (χ4n) is 6.33. The van der Waals surface area contributed by atoms with Gasteiger partial charge in [-0.1, -0.05) is 71.5 Å². The molecule has 1 saturated heterocycles. The number of piperidine rings is 1. The van der Waals surface area contributed by atoms with Crippen LogP contribution in [0.25, 0.3) is 0 Å². The van der Waals surface area contributed by atoms with Crippen LogP contribution in [0.3, 0.4) is 0 Å². The van der Waals surface area contributed by atoms with Gasteiger partial charge in [0.2, 0.25) is 5.91 Å². The number of thiol groups is 1. The van der Waals surface area contributed by atoms with Crippen molar-refractivity contribution in [2.24, 2.45) is 17.8 Å². The van der Waals surface area contributed by atoms with Crippen LogP contribution in [0.4, 0.5) is 10.5 Å². The second-order valence-electron chi connectivity index (χ2n) is 16.0. The second kappa shape index (κ2) is 14.6. The topological polar surface area (TPSA) is 59.1 Å². The fraction of sp³-hybridized carbons (Fsp3) is 0.784. The summed E-state index contributed by atoms with van der Waals surface area (Å²) in [4.78, 5) is 30.7. The first kappa shape index (κ1) is 37.8. The molecule has 2 heterocycles. The van der Waals surface area contributed by atoms with Crippen LogP contribution in [0.1, 0.15) is 134 Å². The van der Waals surface area contributed by atoms with Crippen molar-refractivity contribution < 1.29 is 19.0 Å². The maximum atomic E-state index is 14.2. The quantitative estimate of drug-likeness (QED) is 0.218. The predicted octanol–water partition coefficient (Wildman–Crippen LogP) is 8.32. The number of amides is 2.